The summed E-state index contributed by atoms with van der Waals surface area (Å²) in [5.74, 6) is 0.509. The molecule has 0 aliphatic heterocycles. The lowest BCUT2D eigenvalue weighted by molar-refractivity contribution is 0.0928. The van der Waals surface area contributed by atoms with Crippen LogP contribution in [0.4, 0.5) is 0 Å². The molecule has 0 atom stereocenters. The van der Waals surface area contributed by atoms with Crippen LogP contribution in [0.25, 0.3) is 22.6 Å². The molecule has 1 saturated carbocycles. The summed E-state index contributed by atoms with van der Waals surface area (Å²) in [6.45, 7) is 0. The molecule has 24 heavy (non-hydrogen) atoms. The van der Waals surface area contributed by atoms with Crippen molar-refractivity contribution in [1.29, 1.82) is 0 Å². The number of hydrogen-bond acceptors (Lipinski definition) is 4. The number of hydrogen-bond donors (Lipinski definition) is 1. The zero-order chi connectivity index (χ0) is 16.4. The molecule has 2 aromatic heterocycles. The molecule has 4 rings (SSSR count). The second-order valence-electron chi connectivity index (χ2n) is 6.25. The fourth-order valence-electron chi connectivity index (χ4n) is 3.20. The first-order valence-corrected chi connectivity index (χ1v) is 8.41. The van der Waals surface area contributed by atoms with E-state index in [1.807, 2.05) is 18.2 Å². The van der Waals surface area contributed by atoms with Crippen molar-refractivity contribution in [2.45, 2.75) is 38.1 Å². The molecule has 1 N–H and O–H groups in total. The molecule has 122 valence electrons. The Balaban J connectivity index is 1.57. The molecular weight excluding hydrogens is 302 g/mol. The highest BCUT2D eigenvalue weighted by molar-refractivity contribution is 5.97. The third-order valence-electron chi connectivity index (χ3n) is 4.52. The van der Waals surface area contributed by atoms with Gasteiger partial charge in [0.2, 0.25) is 5.89 Å². The third-order valence-corrected chi connectivity index (χ3v) is 4.52. The molecule has 1 aliphatic carbocycles. The van der Waals surface area contributed by atoms with Gasteiger partial charge >= 0.3 is 0 Å². The first kappa shape index (κ1) is 14.9. The minimum Gasteiger partial charge on any atom is -0.436 e. The summed E-state index contributed by atoms with van der Waals surface area (Å²) in [5.41, 5.74) is 2.87. The molecule has 3 aromatic rings. The molecule has 5 nitrogen and oxygen atoms in total. The number of carbonyl (C=O) groups excluding carboxylic acids is 1. The quantitative estimate of drug-likeness (QED) is 0.793. The van der Waals surface area contributed by atoms with Gasteiger partial charge in [0.05, 0.1) is 0 Å². The van der Waals surface area contributed by atoms with E-state index in [4.69, 9.17) is 4.42 Å². The lowest BCUT2D eigenvalue weighted by atomic mass is 9.95. The van der Waals surface area contributed by atoms with Gasteiger partial charge in [0.15, 0.2) is 5.58 Å². The lowest BCUT2D eigenvalue weighted by Gasteiger charge is -2.22. The van der Waals surface area contributed by atoms with Crippen LogP contribution in [0.5, 0.6) is 0 Å². The summed E-state index contributed by atoms with van der Waals surface area (Å²) in [4.78, 5) is 20.9. The Morgan fingerprint density at radius 2 is 1.88 bits per heavy atom. The van der Waals surface area contributed by atoms with E-state index >= 15 is 0 Å². The normalized spacial score (nSPS) is 15.5. The number of oxazole rings is 1. The average molecular weight is 321 g/mol. The highest BCUT2D eigenvalue weighted by Crippen LogP contribution is 2.25. The first-order valence-electron chi connectivity index (χ1n) is 8.41. The molecule has 0 bridgehead atoms. The van der Waals surface area contributed by atoms with Crippen LogP contribution >= 0.6 is 0 Å². The van der Waals surface area contributed by atoms with Crippen molar-refractivity contribution in [2.24, 2.45) is 0 Å². The van der Waals surface area contributed by atoms with Crippen LogP contribution in [-0.2, 0) is 0 Å². The standard InChI is InChI=1S/C19H19N3O2/c23-18(21-15-4-2-1-3-5-15)14-6-7-17-16(12-14)22-19(24-17)13-8-10-20-11-9-13/h6-12,15H,1-5H2,(H,21,23). The predicted molar refractivity (Wildman–Crippen MR) is 91.6 cm³/mol. The van der Waals surface area contributed by atoms with Crippen molar-refractivity contribution in [1.82, 2.24) is 15.3 Å². The number of pyridine rings is 1. The number of fused-ring (bicyclic) bond motifs is 1. The van der Waals surface area contributed by atoms with Gasteiger partial charge in [0.25, 0.3) is 5.91 Å². The van der Waals surface area contributed by atoms with E-state index in [1.54, 1.807) is 24.5 Å². The molecule has 0 spiro atoms. The van der Waals surface area contributed by atoms with Crippen molar-refractivity contribution in [3.05, 3.63) is 48.3 Å². The van der Waals surface area contributed by atoms with Crippen LogP contribution in [0.1, 0.15) is 42.5 Å². The Bertz CT molecular complexity index is 851. The summed E-state index contributed by atoms with van der Waals surface area (Å²) in [6.07, 6.45) is 9.22. The van der Waals surface area contributed by atoms with Crippen LogP contribution in [0, 0.1) is 0 Å². The van der Waals surface area contributed by atoms with Gasteiger partial charge in [-0.15, -0.1) is 0 Å². The zero-order valence-electron chi connectivity index (χ0n) is 13.4. The molecule has 2 heterocycles. The van der Waals surface area contributed by atoms with E-state index in [1.165, 1.54) is 19.3 Å². The van der Waals surface area contributed by atoms with E-state index in [0.717, 1.165) is 18.4 Å². The van der Waals surface area contributed by atoms with E-state index in [9.17, 15) is 4.79 Å². The highest BCUT2D eigenvalue weighted by atomic mass is 16.3. The van der Waals surface area contributed by atoms with Gasteiger partial charge in [-0.1, -0.05) is 19.3 Å². The largest absolute Gasteiger partial charge is 0.436 e. The number of nitrogens with one attached hydrogen (secondary N) is 1. The van der Waals surface area contributed by atoms with Gasteiger partial charge in [-0.25, -0.2) is 4.98 Å². The Hall–Kier alpha value is -2.69. The number of carbonyl (C=O) groups is 1. The molecule has 5 heteroatoms. The van der Waals surface area contributed by atoms with Crippen LogP contribution in [0.15, 0.2) is 47.1 Å². The fraction of sp³-hybridized carbons (Fsp3) is 0.316. The molecule has 1 aliphatic rings. The maximum atomic E-state index is 12.5. The van der Waals surface area contributed by atoms with E-state index < -0.39 is 0 Å². The van der Waals surface area contributed by atoms with Gasteiger partial charge in [0, 0.05) is 29.6 Å². The maximum absolute atomic E-state index is 12.5. The van der Waals surface area contributed by atoms with Crippen LogP contribution in [0.3, 0.4) is 0 Å². The average Bonchev–Trinajstić information content (AvgIpc) is 3.06. The Morgan fingerprint density at radius 3 is 2.67 bits per heavy atom. The van der Waals surface area contributed by atoms with E-state index in [-0.39, 0.29) is 5.91 Å². The van der Waals surface area contributed by atoms with Crippen molar-refractivity contribution < 1.29 is 9.21 Å². The van der Waals surface area contributed by atoms with Gasteiger partial charge in [-0.3, -0.25) is 9.78 Å². The first-order chi connectivity index (χ1) is 11.8. The number of rotatable bonds is 3. The molecule has 0 saturated heterocycles. The highest BCUT2D eigenvalue weighted by Gasteiger charge is 2.17. The molecule has 1 fully saturated rings. The Morgan fingerprint density at radius 1 is 1.08 bits per heavy atom. The number of nitrogens with zero attached hydrogens (tertiary/aromatic N) is 2. The maximum Gasteiger partial charge on any atom is 0.251 e. The molecule has 1 aromatic carbocycles. The minimum atomic E-state index is -0.0303. The molecule has 1 amide bonds. The smallest absolute Gasteiger partial charge is 0.251 e. The summed E-state index contributed by atoms with van der Waals surface area (Å²) >= 11 is 0. The van der Waals surface area contributed by atoms with Crippen LogP contribution in [-0.4, -0.2) is 21.9 Å². The zero-order valence-corrected chi connectivity index (χ0v) is 13.4. The second-order valence-corrected chi connectivity index (χ2v) is 6.25. The topological polar surface area (TPSA) is 68.0 Å². The Labute approximate surface area is 140 Å². The van der Waals surface area contributed by atoms with Crippen LogP contribution < -0.4 is 5.32 Å². The van der Waals surface area contributed by atoms with E-state index in [0.29, 0.717) is 28.6 Å². The van der Waals surface area contributed by atoms with Gasteiger partial charge in [-0.2, -0.15) is 0 Å². The van der Waals surface area contributed by atoms with Gasteiger partial charge < -0.3 is 9.73 Å². The minimum absolute atomic E-state index is 0.0303. The monoisotopic (exact) mass is 321 g/mol. The van der Waals surface area contributed by atoms with Crippen molar-refractivity contribution in [3.63, 3.8) is 0 Å². The van der Waals surface area contributed by atoms with Gasteiger partial charge in [0.1, 0.15) is 5.52 Å². The van der Waals surface area contributed by atoms with Crippen LogP contribution in [0.2, 0.25) is 0 Å². The molecule has 0 unspecified atom stereocenters. The van der Waals surface area contributed by atoms with Crippen molar-refractivity contribution in [3.8, 4) is 11.5 Å². The summed E-state index contributed by atoms with van der Waals surface area (Å²) in [7, 11) is 0. The SMILES string of the molecule is O=C(NC1CCCCC1)c1ccc2oc(-c3ccncc3)nc2c1. The molecular formula is C19H19N3O2. The third kappa shape index (κ3) is 3.02. The molecule has 0 radical (unpaired) electrons. The summed E-state index contributed by atoms with van der Waals surface area (Å²) < 4.78 is 5.77. The number of amides is 1. The number of benzene rings is 1. The van der Waals surface area contributed by atoms with Crippen molar-refractivity contribution in [2.75, 3.05) is 0 Å². The number of aromatic nitrogens is 2. The van der Waals surface area contributed by atoms with Crippen molar-refractivity contribution >= 4 is 17.0 Å². The lowest BCUT2D eigenvalue weighted by Crippen LogP contribution is -2.36. The Kier molecular flexibility index (Phi) is 3.99. The van der Waals surface area contributed by atoms with Gasteiger partial charge in [-0.05, 0) is 43.2 Å². The fourth-order valence-corrected chi connectivity index (χ4v) is 3.20. The second kappa shape index (κ2) is 6.43. The van der Waals surface area contributed by atoms with E-state index in [2.05, 4.69) is 15.3 Å². The summed E-state index contributed by atoms with van der Waals surface area (Å²) in [5, 5.41) is 3.13. The summed E-state index contributed by atoms with van der Waals surface area (Å²) in [6, 6.07) is 9.39. The predicted octanol–water partition coefficient (Wildman–Crippen LogP) is 3.95.